The molecule has 3 nitrogen and oxygen atoms in total. The van der Waals surface area contributed by atoms with Gasteiger partial charge in [0.25, 0.3) is 0 Å². The van der Waals surface area contributed by atoms with Crippen LogP contribution in [0.15, 0.2) is 24.3 Å². The number of carboxylic acid groups (broad SMARTS) is 1. The van der Waals surface area contributed by atoms with Gasteiger partial charge in [-0.25, -0.2) is 0 Å². The normalized spacial score (nSPS) is 24.3. The van der Waals surface area contributed by atoms with Gasteiger partial charge in [0.2, 0.25) is 0 Å². The van der Waals surface area contributed by atoms with Gasteiger partial charge in [-0.2, -0.15) is 0 Å². The molecule has 0 bridgehead atoms. The topological polar surface area (TPSA) is 40.5 Å². The second-order valence-corrected chi connectivity index (χ2v) is 5.54. The first-order valence-electron chi connectivity index (χ1n) is 6.56. The van der Waals surface area contributed by atoms with Crippen molar-refractivity contribution in [3.05, 3.63) is 35.4 Å². The van der Waals surface area contributed by atoms with Gasteiger partial charge in [-0.15, -0.1) is 0 Å². The summed E-state index contributed by atoms with van der Waals surface area (Å²) in [5.41, 5.74) is 2.14. The summed E-state index contributed by atoms with van der Waals surface area (Å²) in [5, 5.41) is 8.72. The lowest BCUT2D eigenvalue weighted by Crippen LogP contribution is -2.20. The fourth-order valence-corrected chi connectivity index (χ4v) is 2.57. The summed E-state index contributed by atoms with van der Waals surface area (Å²) < 4.78 is 0. The number of rotatable bonds is 4. The summed E-state index contributed by atoms with van der Waals surface area (Å²) in [4.78, 5) is 13.1. The summed E-state index contributed by atoms with van der Waals surface area (Å²) in [7, 11) is 0. The zero-order valence-corrected chi connectivity index (χ0v) is 11.1. The molecule has 0 radical (unpaired) electrons. The summed E-state index contributed by atoms with van der Waals surface area (Å²) in [6.45, 7) is 7.92. The van der Waals surface area contributed by atoms with Crippen LogP contribution in [0.25, 0.3) is 0 Å². The van der Waals surface area contributed by atoms with Crippen LogP contribution in [0.2, 0.25) is 0 Å². The van der Waals surface area contributed by atoms with E-state index in [1.165, 1.54) is 5.56 Å². The summed E-state index contributed by atoms with van der Waals surface area (Å²) in [5.74, 6) is 0.775. The summed E-state index contributed by atoms with van der Waals surface area (Å²) in [6, 6.07) is 7.94. The first-order chi connectivity index (χ1) is 8.54. The second-order valence-electron chi connectivity index (χ2n) is 5.54. The number of aliphatic carboxylic acids is 1. The van der Waals surface area contributed by atoms with Gasteiger partial charge in [0, 0.05) is 19.6 Å². The first kappa shape index (κ1) is 13.1. The fourth-order valence-electron chi connectivity index (χ4n) is 2.57. The lowest BCUT2D eigenvalue weighted by atomic mass is 10.0. The lowest BCUT2D eigenvalue weighted by molar-refractivity contribution is -0.136. The number of benzene rings is 1. The van der Waals surface area contributed by atoms with Crippen LogP contribution in [0, 0.1) is 11.8 Å². The number of carbonyl (C=O) groups is 1. The van der Waals surface area contributed by atoms with E-state index < -0.39 is 5.97 Å². The largest absolute Gasteiger partial charge is 0.481 e. The monoisotopic (exact) mass is 247 g/mol. The van der Waals surface area contributed by atoms with Crippen molar-refractivity contribution >= 4 is 5.97 Å². The van der Waals surface area contributed by atoms with Gasteiger partial charge >= 0.3 is 5.97 Å². The quantitative estimate of drug-likeness (QED) is 0.888. The van der Waals surface area contributed by atoms with E-state index in [1.807, 2.05) is 24.3 Å². The third-order valence-electron chi connectivity index (χ3n) is 3.85. The van der Waals surface area contributed by atoms with Crippen molar-refractivity contribution in [2.45, 2.75) is 26.8 Å². The van der Waals surface area contributed by atoms with Gasteiger partial charge in [-0.3, -0.25) is 9.69 Å². The van der Waals surface area contributed by atoms with E-state index in [4.69, 9.17) is 5.11 Å². The molecule has 1 fully saturated rings. The van der Waals surface area contributed by atoms with Crippen LogP contribution < -0.4 is 0 Å². The van der Waals surface area contributed by atoms with Crippen molar-refractivity contribution in [2.24, 2.45) is 11.8 Å². The average Bonchev–Trinajstić information content (AvgIpc) is 2.60. The van der Waals surface area contributed by atoms with Crippen LogP contribution in [-0.2, 0) is 17.8 Å². The van der Waals surface area contributed by atoms with Gasteiger partial charge in [0.05, 0.1) is 6.42 Å². The molecule has 1 aliphatic heterocycles. The van der Waals surface area contributed by atoms with E-state index in [2.05, 4.69) is 18.7 Å². The van der Waals surface area contributed by atoms with Crippen molar-refractivity contribution < 1.29 is 9.90 Å². The Morgan fingerprint density at radius 3 is 2.17 bits per heavy atom. The Hall–Kier alpha value is -1.35. The van der Waals surface area contributed by atoms with Crippen LogP contribution in [-0.4, -0.2) is 29.1 Å². The molecule has 3 heteroatoms. The van der Waals surface area contributed by atoms with E-state index in [-0.39, 0.29) is 6.42 Å². The number of carboxylic acids is 1. The Labute approximate surface area is 108 Å². The Balaban J connectivity index is 1.92. The molecule has 2 unspecified atom stereocenters. The molecule has 0 aliphatic carbocycles. The molecule has 2 atom stereocenters. The van der Waals surface area contributed by atoms with Crippen molar-refractivity contribution in [1.29, 1.82) is 0 Å². The molecular weight excluding hydrogens is 226 g/mol. The predicted octanol–water partition coefficient (Wildman–Crippen LogP) is 2.40. The molecule has 1 aromatic carbocycles. The Bertz CT molecular complexity index is 403. The highest BCUT2D eigenvalue weighted by molar-refractivity contribution is 5.70. The smallest absolute Gasteiger partial charge is 0.307 e. The van der Waals surface area contributed by atoms with Crippen molar-refractivity contribution in [2.75, 3.05) is 13.1 Å². The fraction of sp³-hybridized carbons (Fsp3) is 0.533. The molecule has 0 aromatic heterocycles. The SMILES string of the molecule is CC1CN(Cc2ccc(CC(=O)O)cc2)CC1C. The number of hydrogen-bond donors (Lipinski definition) is 1. The highest BCUT2D eigenvalue weighted by Gasteiger charge is 2.25. The molecule has 1 heterocycles. The highest BCUT2D eigenvalue weighted by atomic mass is 16.4. The van der Waals surface area contributed by atoms with Crippen LogP contribution in [0.5, 0.6) is 0 Å². The number of nitrogens with zero attached hydrogens (tertiary/aromatic N) is 1. The maximum Gasteiger partial charge on any atom is 0.307 e. The second kappa shape index (κ2) is 5.53. The lowest BCUT2D eigenvalue weighted by Gasteiger charge is -2.15. The van der Waals surface area contributed by atoms with Crippen LogP contribution in [0.4, 0.5) is 0 Å². The molecule has 1 saturated heterocycles. The van der Waals surface area contributed by atoms with Gasteiger partial charge in [0.15, 0.2) is 0 Å². The Morgan fingerprint density at radius 1 is 1.17 bits per heavy atom. The third kappa shape index (κ3) is 3.33. The highest BCUT2D eigenvalue weighted by Crippen LogP contribution is 2.23. The maximum atomic E-state index is 10.6. The van der Waals surface area contributed by atoms with E-state index in [0.29, 0.717) is 0 Å². The molecule has 2 rings (SSSR count). The van der Waals surface area contributed by atoms with Gasteiger partial charge < -0.3 is 5.11 Å². The maximum absolute atomic E-state index is 10.6. The molecule has 0 spiro atoms. The minimum absolute atomic E-state index is 0.109. The van der Waals surface area contributed by atoms with E-state index in [1.54, 1.807) is 0 Å². The number of hydrogen-bond acceptors (Lipinski definition) is 2. The Morgan fingerprint density at radius 2 is 1.67 bits per heavy atom. The minimum atomic E-state index is -0.773. The van der Waals surface area contributed by atoms with Crippen LogP contribution in [0.3, 0.4) is 0 Å². The molecule has 98 valence electrons. The number of likely N-dealkylation sites (tertiary alicyclic amines) is 1. The molecule has 1 N–H and O–H groups in total. The zero-order valence-electron chi connectivity index (χ0n) is 11.1. The molecule has 1 aliphatic rings. The average molecular weight is 247 g/mol. The predicted molar refractivity (Wildman–Crippen MR) is 71.4 cm³/mol. The van der Waals surface area contributed by atoms with Crippen LogP contribution in [0.1, 0.15) is 25.0 Å². The van der Waals surface area contributed by atoms with Crippen molar-refractivity contribution in [1.82, 2.24) is 4.90 Å². The van der Waals surface area contributed by atoms with Crippen molar-refractivity contribution in [3.8, 4) is 0 Å². The zero-order chi connectivity index (χ0) is 13.1. The summed E-state index contributed by atoms with van der Waals surface area (Å²) >= 11 is 0. The van der Waals surface area contributed by atoms with Gasteiger partial charge in [-0.05, 0) is 23.0 Å². The third-order valence-corrected chi connectivity index (χ3v) is 3.85. The van der Waals surface area contributed by atoms with E-state index >= 15 is 0 Å². The standard InChI is InChI=1S/C15H21NO2/c1-11-8-16(9-12(11)2)10-14-5-3-13(4-6-14)7-15(17)18/h3-6,11-12H,7-10H2,1-2H3,(H,17,18). The van der Waals surface area contributed by atoms with E-state index in [9.17, 15) is 4.79 Å². The summed E-state index contributed by atoms with van der Waals surface area (Å²) in [6.07, 6.45) is 0.109. The van der Waals surface area contributed by atoms with Crippen LogP contribution >= 0.6 is 0 Å². The van der Waals surface area contributed by atoms with E-state index in [0.717, 1.165) is 37.0 Å². The molecular formula is C15H21NO2. The first-order valence-corrected chi connectivity index (χ1v) is 6.56. The molecule has 18 heavy (non-hydrogen) atoms. The minimum Gasteiger partial charge on any atom is -0.481 e. The Kier molecular flexibility index (Phi) is 4.02. The molecule has 0 amide bonds. The van der Waals surface area contributed by atoms with Gasteiger partial charge in [-0.1, -0.05) is 38.1 Å². The van der Waals surface area contributed by atoms with Gasteiger partial charge in [0.1, 0.15) is 0 Å². The molecule has 0 saturated carbocycles. The molecule has 1 aromatic rings. The van der Waals surface area contributed by atoms with Crippen molar-refractivity contribution in [3.63, 3.8) is 0 Å².